The van der Waals surface area contributed by atoms with Crippen LogP contribution in [0.25, 0.3) is 11.5 Å². The highest BCUT2D eigenvalue weighted by molar-refractivity contribution is 7.99. The van der Waals surface area contributed by atoms with Crippen LogP contribution < -0.4 is 9.47 Å². The summed E-state index contributed by atoms with van der Waals surface area (Å²) in [7, 11) is 0. The molecule has 1 aromatic carbocycles. The summed E-state index contributed by atoms with van der Waals surface area (Å²) in [4.78, 5) is 30.8. The third-order valence-electron chi connectivity index (χ3n) is 5.89. The third kappa shape index (κ3) is 4.68. The molecule has 0 saturated carbocycles. The molecule has 0 aliphatic carbocycles. The smallest absolute Gasteiger partial charge is 0.277 e. The van der Waals surface area contributed by atoms with Gasteiger partial charge in [0.2, 0.25) is 24.5 Å². The molecular formula is C21H25N5O5S. The van der Waals surface area contributed by atoms with Gasteiger partial charge >= 0.3 is 0 Å². The van der Waals surface area contributed by atoms with Crippen molar-refractivity contribution in [2.75, 3.05) is 58.4 Å². The fraction of sp³-hybridized carbons (Fsp3) is 0.524. The second-order valence-electron chi connectivity index (χ2n) is 7.97. The predicted molar refractivity (Wildman–Crippen MR) is 115 cm³/mol. The number of ether oxygens (including phenoxy) is 2. The van der Waals surface area contributed by atoms with Crippen molar-refractivity contribution in [3.63, 3.8) is 0 Å². The van der Waals surface area contributed by atoms with E-state index in [9.17, 15) is 9.59 Å². The Balaban J connectivity index is 1.08. The summed E-state index contributed by atoms with van der Waals surface area (Å²) in [5, 5.41) is 8.46. The summed E-state index contributed by atoms with van der Waals surface area (Å²) >= 11 is 1.23. The summed E-state index contributed by atoms with van der Waals surface area (Å²) in [5.74, 6) is 2.17. The summed E-state index contributed by atoms with van der Waals surface area (Å²) in [5.41, 5.74) is 0.736. The molecule has 4 heterocycles. The van der Waals surface area contributed by atoms with Gasteiger partial charge in [-0.05, 0) is 31.0 Å². The van der Waals surface area contributed by atoms with Crippen LogP contribution in [0, 0.1) is 0 Å². The number of piperazine rings is 1. The van der Waals surface area contributed by atoms with Crippen LogP contribution in [-0.4, -0.2) is 95.1 Å². The third-order valence-corrected chi connectivity index (χ3v) is 6.69. The number of carbonyl (C=O) groups excluding carboxylic acids is 2. The van der Waals surface area contributed by atoms with Gasteiger partial charge in [0, 0.05) is 44.8 Å². The van der Waals surface area contributed by atoms with Gasteiger partial charge in [0.05, 0.1) is 12.3 Å². The number of hydrogen-bond acceptors (Lipinski definition) is 9. The van der Waals surface area contributed by atoms with E-state index >= 15 is 0 Å². The zero-order chi connectivity index (χ0) is 21.9. The number of fused-ring (bicyclic) bond motifs is 1. The van der Waals surface area contributed by atoms with Crippen LogP contribution in [0.1, 0.15) is 12.8 Å². The fourth-order valence-corrected chi connectivity index (χ4v) is 4.71. The van der Waals surface area contributed by atoms with Gasteiger partial charge in [-0.15, -0.1) is 10.2 Å². The lowest BCUT2D eigenvalue weighted by Gasteiger charge is -2.34. The Hall–Kier alpha value is -2.79. The monoisotopic (exact) mass is 459 g/mol. The molecule has 5 rings (SSSR count). The largest absolute Gasteiger partial charge is 0.454 e. The van der Waals surface area contributed by atoms with Crippen molar-refractivity contribution in [2.45, 2.75) is 18.1 Å². The summed E-state index contributed by atoms with van der Waals surface area (Å²) in [6.45, 7) is 5.07. The highest BCUT2D eigenvalue weighted by Gasteiger charge is 2.25. The fourth-order valence-electron chi connectivity index (χ4n) is 4.04. The molecular weight excluding hydrogens is 434 g/mol. The average molecular weight is 460 g/mol. The van der Waals surface area contributed by atoms with Crippen LogP contribution >= 0.6 is 11.8 Å². The lowest BCUT2D eigenvalue weighted by atomic mass is 10.2. The van der Waals surface area contributed by atoms with Crippen LogP contribution in [0.3, 0.4) is 0 Å². The Morgan fingerprint density at radius 3 is 2.47 bits per heavy atom. The zero-order valence-corrected chi connectivity index (χ0v) is 18.5. The zero-order valence-electron chi connectivity index (χ0n) is 17.7. The Morgan fingerprint density at radius 1 is 0.906 bits per heavy atom. The molecule has 11 heteroatoms. The summed E-state index contributed by atoms with van der Waals surface area (Å²) in [6, 6.07) is 5.43. The van der Waals surface area contributed by atoms with E-state index in [1.165, 1.54) is 11.8 Å². The van der Waals surface area contributed by atoms with Crippen LogP contribution in [0.4, 0.5) is 0 Å². The van der Waals surface area contributed by atoms with Crippen molar-refractivity contribution >= 4 is 23.6 Å². The van der Waals surface area contributed by atoms with Gasteiger partial charge in [-0.1, -0.05) is 11.8 Å². The SMILES string of the molecule is O=C(CSc1nnc(-c2ccc3c(c2)OCO3)o1)N1CCN(CC(=O)N2CCCC2)CC1. The number of nitrogens with zero attached hydrogens (tertiary/aromatic N) is 5. The molecule has 0 bridgehead atoms. The maximum absolute atomic E-state index is 12.6. The van der Waals surface area contributed by atoms with Gasteiger partial charge in [-0.25, -0.2) is 0 Å². The lowest BCUT2D eigenvalue weighted by Crippen LogP contribution is -2.51. The number of hydrogen-bond donors (Lipinski definition) is 0. The molecule has 0 unspecified atom stereocenters. The normalized spacial score (nSPS) is 18.4. The van der Waals surface area contributed by atoms with E-state index in [0.717, 1.165) is 31.5 Å². The maximum atomic E-state index is 12.6. The van der Waals surface area contributed by atoms with Crippen molar-refractivity contribution < 1.29 is 23.5 Å². The number of carbonyl (C=O) groups is 2. The van der Waals surface area contributed by atoms with Crippen LogP contribution in [0.5, 0.6) is 11.5 Å². The van der Waals surface area contributed by atoms with Crippen molar-refractivity contribution in [1.82, 2.24) is 24.9 Å². The molecule has 10 nitrogen and oxygen atoms in total. The molecule has 3 aliphatic heterocycles. The van der Waals surface area contributed by atoms with Gasteiger partial charge in [0.15, 0.2) is 11.5 Å². The lowest BCUT2D eigenvalue weighted by molar-refractivity contribution is -0.133. The molecule has 2 amide bonds. The van der Waals surface area contributed by atoms with Crippen LogP contribution in [0.15, 0.2) is 27.8 Å². The first-order valence-electron chi connectivity index (χ1n) is 10.8. The molecule has 0 N–H and O–H groups in total. The topological polar surface area (TPSA) is 101 Å². The van der Waals surface area contributed by atoms with Crippen LogP contribution in [0.2, 0.25) is 0 Å². The van der Waals surface area contributed by atoms with E-state index in [-0.39, 0.29) is 24.4 Å². The Kier molecular flexibility index (Phi) is 6.17. The highest BCUT2D eigenvalue weighted by Crippen LogP contribution is 2.36. The molecule has 0 atom stereocenters. The molecule has 1 aromatic heterocycles. The van der Waals surface area contributed by atoms with E-state index in [1.807, 2.05) is 15.9 Å². The number of likely N-dealkylation sites (tertiary alicyclic amines) is 1. The van der Waals surface area contributed by atoms with E-state index in [0.29, 0.717) is 55.3 Å². The molecule has 3 aliphatic rings. The molecule has 32 heavy (non-hydrogen) atoms. The van der Waals surface area contributed by atoms with Gasteiger partial charge < -0.3 is 23.7 Å². The van der Waals surface area contributed by atoms with E-state index in [2.05, 4.69) is 15.1 Å². The van der Waals surface area contributed by atoms with Gasteiger partial charge in [-0.3, -0.25) is 14.5 Å². The van der Waals surface area contributed by atoms with Crippen molar-refractivity contribution in [1.29, 1.82) is 0 Å². The van der Waals surface area contributed by atoms with Gasteiger partial charge in [0.25, 0.3) is 5.22 Å². The summed E-state index contributed by atoms with van der Waals surface area (Å²) < 4.78 is 16.4. The molecule has 170 valence electrons. The van der Waals surface area contributed by atoms with Gasteiger partial charge in [0.1, 0.15) is 0 Å². The first-order chi connectivity index (χ1) is 15.7. The second kappa shape index (κ2) is 9.37. The standard InChI is InChI=1S/C21H25N5O5S/c27-18(25-5-1-2-6-25)12-24-7-9-26(10-8-24)19(28)13-32-21-23-22-20(31-21)15-3-4-16-17(11-15)30-14-29-16/h3-4,11H,1-2,5-10,12-14H2. The highest BCUT2D eigenvalue weighted by atomic mass is 32.2. The summed E-state index contributed by atoms with van der Waals surface area (Å²) in [6.07, 6.45) is 2.20. The number of benzene rings is 1. The molecule has 2 fully saturated rings. The van der Waals surface area contributed by atoms with E-state index in [4.69, 9.17) is 13.9 Å². The number of thioether (sulfide) groups is 1. The first-order valence-corrected chi connectivity index (χ1v) is 11.8. The Labute approximate surface area is 189 Å². The number of aromatic nitrogens is 2. The molecule has 2 saturated heterocycles. The molecule has 0 radical (unpaired) electrons. The minimum Gasteiger partial charge on any atom is -0.454 e. The van der Waals surface area contributed by atoms with Crippen molar-refractivity contribution in [3.05, 3.63) is 18.2 Å². The molecule has 0 spiro atoms. The minimum atomic E-state index is 0.0309. The first kappa shape index (κ1) is 21.1. The number of rotatable bonds is 6. The van der Waals surface area contributed by atoms with Crippen molar-refractivity contribution in [3.8, 4) is 23.0 Å². The van der Waals surface area contributed by atoms with E-state index in [1.54, 1.807) is 12.1 Å². The second-order valence-corrected chi connectivity index (χ2v) is 8.90. The quantitative estimate of drug-likeness (QED) is 0.592. The Bertz CT molecular complexity index is 985. The van der Waals surface area contributed by atoms with Gasteiger partial charge in [-0.2, -0.15) is 0 Å². The predicted octanol–water partition coefficient (Wildman–Crippen LogP) is 1.32. The van der Waals surface area contributed by atoms with Crippen LogP contribution in [-0.2, 0) is 9.59 Å². The van der Waals surface area contributed by atoms with Crippen molar-refractivity contribution in [2.24, 2.45) is 0 Å². The maximum Gasteiger partial charge on any atom is 0.277 e. The molecule has 2 aromatic rings. The average Bonchev–Trinajstić information content (AvgIpc) is 3.59. The number of amides is 2. The van der Waals surface area contributed by atoms with E-state index < -0.39 is 0 Å². The minimum absolute atomic E-state index is 0.0309. The Morgan fingerprint density at radius 2 is 1.66 bits per heavy atom.